The maximum atomic E-state index is 12.1. The van der Waals surface area contributed by atoms with Crippen LogP contribution in [-0.4, -0.2) is 38.9 Å². The number of alkyl halides is 4. The van der Waals surface area contributed by atoms with Gasteiger partial charge in [0.25, 0.3) is 0 Å². The average molecular weight is 304 g/mol. The van der Waals surface area contributed by atoms with Gasteiger partial charge in [-0.3, -0.25) is 4.79 Å². The Morgan fingerprint density at radius 1 is 1.31 bits per heavy atom. The second-order valence-corrected chi connectivity index (χ2v) is 6.75. The van der Waals surface area contributed by atoms with Crippen molar-refractivity contribution in [1.29, 1.82) is 0 Å². The molecule has 0 radical (unpaired) electrons. The number of ether oxygens (including phenoxy) is 2. The summed E-state index contributed by atoms with van der Waals surface area (Å²) in [5.41, 5.74) is -1.16. The first-order valence-electron chi connectivity index (χ1n) is 4.62. The summed E-state index contributed by atoms with van der Waals surface area (Å²) in [7, 11) is 0. The fraction of sp³-hybridized carbons (Fsp3) is 0.667. The molecule has 0 spiro atoms. The van der Waals surface area contributed by atoms with Crippen LogP contribution in [0.4, 0.5) is 0 Å². The van der Waals surface area contributed by atoms with Crippen LogP contribution >= 0.6 is 46.4 Å². The minimum Gasteiger partial charge on any atom is -0.369 e. The average Bonchev–Trinajstić information content (AvgIpc) is 2.95. The molecule has 2 fully saturated rings. The summed E-state index contributed by atoms with van der Waals surface area (Å²) in [5.74, 6) is -0.664. The Morgan fingerprint density at radius 3 is 2.50 bits per heavy atom. The van der Waals surface area contributed by atoms with Gasteiger partial charge in [0.05, 0.1) is 6.61 Å². The fourth-order valence-electron chi connectivity index (χ4n) is 2.09. The van der Waals surface area contributed by atoms with Crippen molar-refractivity contribution < 1.29 is 14.3 Å². The largest absolute Gasteiger partial charge is 0.369 e. The molecule has 0 aromatic heterocycles. The zero-order valence-corrected chi connectivity index (χ0v) is 10.8. The molecule has 7 heteroatoms. The zero-order chi connectivity index (χ0) is 11.8. The number of hydrogen-bond donors (Lipinski definition) is 0. The van der Waals surface area contributed by atoms with Crippen molar-refractivity contribution in [2.75, 3.05) is 6.61 Å². The third-order valence-electron chi connectivity index (χ3n) is 3.09. The van der Waals surface area contributed by atoms with E-state index in [0.717, 1.165) is 0 Å². The molecule has 2 saturated heterocycles. The summed E-state index contributed by atoms with van der Waals surface area (Å²) in [4.78, 5) is 12.1. The third kappa shape index (κ3) is 1.17. The number of carbonyl (C=O) groups excluding carboxylic acids is 1. The van der Waals surface area contributed by atoms with Crippen molar-refractivity contribution in [1.82, 2.24) is 0 Å². The van der Waals surface area contributed by atoms with Gasteiger partial charge in [0.1, 0.15) is 12.2 Å². The second kappa shape index (κ2) is 3.08. The first-order chi connectivity index (χ1) is 7.32. The molecular weight excluding hydrogens is 298 g/mol. The lowest BCUT2D eigenvalue weighted by atomic mass is 9.90. The highest BCUT2D eigenvalue weighted by Gasteiger charge is 2.74. The predicted octanol–water partition coefficient (Wildman–Crippen LogP) is 2.01. The highest BCUT2D eigenvalue weighted by molar-refractivity contribution is 6.70. The number of fused-ring (bicyclic) bond motifs is 2. The molecule has 3 aliphatic rings. The van der Waals surface area contributed by atoms with Crippen LogP contribution in [0.5, 0.6) is 0 Å². The SMILES string of the molecule is O=C1C(Cl)(Cl)[C@@H]2C=C[C@@]([C@H]3CO3)(O2)C1(Cl)Cl. The Hall–Kier alpha value is 0.490. The standard InChI is InChI=1S/C9H6Cl4O3/c10-8(11)4-1-2-7(16-4,5-3-15-5)9(12,13)6(8)14/h1-2,4-5H,3H2/t4-,5+,7-/m0/s1. The second-order valence-electron chi connectivity index (χ2n) is 4.04. The van der Waals surface area contributed by atoms with E-state index in [9.17, 15) is 4.79 Å². The molecule has 0 aliphatic carbocycles. The summed E-state index contributed by atoms with van der Waals surface area (Å²) in [6.45, 7) is 0.448. The van der Waals surface area contributed by atoms with Crippen LogP contribution in [0.15, 0.2) is 12.2 Å². The van der Waals surface area contributed by atoms with Crippen molar-refractivity contribution in [2.45, 2.75) is 26.5 Å². The van der Waals surface area contributed by atoms with E-state index in [2.05, 4.69) is 0 Å². The molecule has 3 heterocycles. The van der Waals surface area contributed by atoms with Gasteiger partial charge in [-0.25, -0.2) is 0 Å². The molecule has 16 heavy (non-hydrogen) atoms. The van der Waals surface area contributed by atoms with Crippen LogP contribution in [0.2, 0.25) is 0 Å². The highest BCUT2D eigenvalue weighted by Crippen LogP contribution is 2.58. The maximum absolute atomic E-state index is 12.1. The number of hydrogen-bond acceptors (Lipinski definition) is 3. The fourth-order valence-corrected chi connectivity index (χ4v) is 3.56. The van der Waals surface area contributed by atoms with E-state index in [0.29, 0.717) is 6.61 Å². The number of Topliss-reactive ketones (excluding diaryl/α,β-unsaturated/α-hetero) is 1. The van der Waals surface area contributed by atoms with Crippen molar-refractivity contribution >= 4 is 52.2 Å². The van der Waals surface area contributed by atoms with E-state index in [4.69, 9.17) is 55.9 Å². The normalized spacial score (nSPS) is 47.1. The minimum atomic E-state index is -1.83. The van der Waals surface area contributed by atoms with Crippen LogP contribution in [0, 0.1) is 0 Å². The van der Waals surface area contributed by atoms with E-state index in [1.54, 1.807) is 12.2 Å². The first kappa shape index (κ1) is 11.6. The Bertz CT molecular complexity index is 402. The summed E-state index contributed by atoms with van der Waals surface area (Å²) in [6, 6.07) is 0. The van der Waals surface area contributed by atoms with Crippen molar-refractivity contribution in [3.63, 3.8) is 0 Å². The topological polar surface area (TPSA) is 38.8 Å². The van der Waals surface area contributed by atoms with Gasteiger partial charge in [-0.2, -0.15) is 0 Å². The van der Waals surface area contributed by atoms with E-state index in [1.807, 2.05) is 0 Å². The summed E-state index contributed by atoms with van der Waals surface area (Å²) < 4.78 is 7.18. The molecular formula is C9H6Cl4O3. The van der Waals surface area contributed by atoms with Gasteiger partial charge in [-0.1, -0.05) is 52.5 Å². The molecule has 3 aliphatic heterocycles. The predicted molar refractivity (Wildman–Crippen MR) is 60.4 cm³/mol. The Kier molecular flexibility index (Phi) is 2.23. The number of halogens is 4. The zero-order valence-electron chi connectivity index (χ0n) is 7.75. The lowest BCUT2D eigenvalue weighted by Gasteiger charge is -2.45. The van der Waals surface area contributed by atoms with E-state index < -0.39 is 26.2 Å². The molecule has 0 aromatic carbocycles. The molecule has 3 nitrogen and oxygen atoms in total. The van der Waals surface area contributed by atoms with Gasteiger partial charge in [0.2, 0.25) is 14.4 Å². The van der Waals surface area contributed by atoms with Crippen molar-refractivity contribution in [3.8, 4) is 0 Å². The molecule has 0 N–H and O–H groups in total. The number of carbonyl (C=O) groups is 1. The molecule has 0 unspecified atom stereocenters. The lowest BCUT2D eigenvalue weighted by molar-refractivity contribution is -0.143. The molecule has 0 amide bonds. The van der Waals surface area contributed by atoms with Gasteiger partial charge in [0, 0.05) is 0 Å². The molecule has 3 atom stereocenters. The molecule has 3 rings (SSSR count). The number of epoxide rings is 1. The monoisotopic (exact) mass is 302 g/mol. The smallest absolute Gasteiger partial charge is 0.213 e. The Labute approximate surface area is 112 Å². The van der Waals surface area contributed by atoms with E-state index >= 15 is 0 Å². The quantitative estimate of drug-likeness (QED) is 0.422. The van der Waals surface area contributed by atoms with Gasteiger partial charge in [0.15, 0.2) is 5.60 Å². The Morgan fingerprint density at radius 2 is 1.94 bits per heavy atom. The van der Waals surface area contributed by atoms with Crippen molar-refractivity contribution in [3.05, 3.63) is 12.2 Å². The molecule has 2 bridgehead atoms. The van der Waals surface area contributed by atoms with Crippen LogP contribution in [-0.2, 0) is 14.3 Å². The molecule has 88 valence electrons. The Balaban J connectivity index is 2.13. The van der Waals surface area contributed by atoms with Crippen LogP contribution < -0.4 is 0 Å². The summed E-state index contributed by atoms with van der Waals surface area (Å²) in [5, 5.41) is 0. The van der Waals surface area contributed by atoms with Gasteiger partial charge < -0.3 is 9.47 Å². The van der Waals surface area contributed by atoms with Crippen LogP contribution in [0.25, 0.3) is 0 Å². The molecule has 0 saturated carbocycles. The summed E-state index contributed by atoms with van der Waals surface area (Å²) >= 11 is 24.0. The molecule has 0 aromatic rings. The van der Waals surface area contributed by atoms with Gasteiger partial charge in [-0.15, -0.1) is 0 Å². The maximum Gasteiger partial charge on any atom is 0.213 e. The minimum absolute atomic E-state index is 0.322. The van der Waals surface area contributed by atoms with Crippen LogP contribution in [0.3, 0.4) is 0 Å². The lowest BCUT2D eigenvalue weighted by Crippen LogP contribution is -2.66. The number of ketones is 1. The summed E-state index contributed by atoms with van der Waals surface area (Å²) in [6.07, 6.45) is 2.17. The highest BCUT2D eigenvalue weighted by atomic mass is 35.5. The van der Waals surface area contributed by atoms with E-state index in [-0.39, 0.29) is 6.10 Å². The van der Waals surface area contributed by atoms with Gasteiger partial charge >= 0.3 is 0 Å². The van der Waals surface area contributed by atoms with E-state index in [1.165, 1.54) is 0 Å². The van der Waals surface area contributed by atoms with Crippen molar-refractivity contribution in [2.24, 2.45) is 0 Å². The first-order valence-corrected chi connectivity index (χ1v) is 6.13. The third-order valence-corrected chi connectivity index (χ3v) is 4.80. The van der Waals surface area contributed by atoms with Gasteiger partial charge in [-0.05, 0) is 6.08 Å². The number of rotatable bonds is 1. The van der Waals surface area contributed by atoms with Crippen LogP contribution in [0.1, 0.15) is 0 Å².